The summed E-state index contributed by atoms with van der Waals surface area (Å²) < 4.78 is 0. The Labute approximate surface area is 111 Å². The third-order valence-electron chi connectivity index (χ3n) is 5.10. The van der Waals surface area contributed by atoms with Gasteiger partial charge in [0.1, 0.15) is 0 Å². The van der Waals surface area contributed by atoms with E-state index in [1.807, 2.05) is 0 Å². The molecule has 0 saturated heterocycles. The fourth-order valence-electron chi connectivity index (χ4n) is 3.87. The summed E-state index contributed by atoms with van der Waals surface area (Å²) >= 11 is 0. The average Bonchev–Trinajstić information content (AvgIpc) is 3.00. The maximum atomic E-state index is 3.85. The molecule has 0 heterocycles. The molecule has 0 aromatic heterocycles. The van der Waals surface area contributed by atoms with Crippen LogP contribution in [-0.2, 0) is 5.41 Å². The molecule has 98 valence electrons. The van der Waals surface area contributed by atoms with E-state index < -0.39 is 0 Å². The number of benzene rings is 1. The molecule has 1 aromatic carbocycles. The van der Waals surface area contributed by atoms with Crippen molar-refractivity contribution >= 4 is 0 Å². The molecule has 2 saturated carbocycles. The largest absolute Gasteiger partial charge is 0.313 e. The molecule has 3 atom stereocenters. The molecule has 2 fully saturated rings. The minimum atomic E-state index is 0.239. The van der Waals surface area contributed by atoms with Crippen LogP contribution in [0.25, 0.3) is 0 Å². The van der Waals surface area contributed by atoms with Crippen LogP contribution in [0.3, 0.4) is 0 Å². The van der Waals surface area contributed by atoms with E-state index in [4.69, 9.17) is 0 Å². The van der Waals surface area contributed by atoms with Crippen LogP contribution in [0.2, 0.25) is 0 Å². The number of hydrogen-bond acceptors (Lipinski definition) is 1. The third-order valence-corrected chi connectivity index (χ3v) is 5.10. The average molecular weight is 243 g/mol. The zero-order valence-electron chi connectivity index (χ0n) is 11.7. The van der Waals surface area contributed by atoms with Crippen molar-refractivity contribution in [1.29, 1.82) is 0 Å². The van der Waals surface area contributed by atoms with Crippen LogP contribution in [0, 0.1) is 11.8 Å². The fourth-order valence-corrected chi connectivity index (χ4v) is 3.87. The molecular weight excluding hydrogens is 218 g/mol. The number of fused-ring (bicyclic) bond motifs is 2. The van der Waals surface area contributed by atoms with Crippen LogP contribution in [0.1, 0.15) is 45.1 Å². The molecular formula is C17H25N. The Bertz CT molecular complexity index is 395. The van der Waals surface area contributed by atoms with Crippen molar-refractivity contribution < 1.29 is 0 Å². The minimum Gasteiger partial charge on any atom is -0.313 e. The quantitative estimate of drug-likeness (QED) is 0.849. The van der Waals surface area contributed by atoms with Crippen molar-refractivity contribution in [2.75, 3.05) is 6.54 Å². The number of hydrogen-bond donors (Lipinski definition) is 1. The molecule has 1 N–H and O–H groups in total. The van der Waals surface area contributed by atoms with Crippen LogP contribution in [0.4, 0.5) is 0 Å². The molecule has 0 amide bonds. The van der Waals surface area contributed by atoms with Crippen LogP contribution < -0.4 is 5.32 Å². The van der Waals surface area contributed by atoms with Crippen LogP contribution in [-0.4, -0.2) is 12.6 Å². The van der Waals surface area contributed by atoms with Gasteiger partial charge in [0.25, 0.3) is 0 Å². The summed E-state index contributed by atoms with van der Waals surface area (Å²) in [5.41, 5.74) is 1.68. The van der Waals surface area contributed by atoms with E-state index in [1.165, 1.54) is 31.2 Å². The zero-order chi connectivity index (χ0) is 12.6. The second-order valence-corrected chi connectivity index (χ2v) is 6.91. The predicted molar refractivity (Wildman–Crippen MR) is 76.7 cm³/mol. The van der Waals surface area contributed by atoms with Gasteiger partial charge in [0, 0.05) is 18.0 Å². The van der Waals surface area contributed by atoms with Gasteiger partial charge in [-0.1, -0.05) is 50.6 Å². The van der Waals surface area contributed by atoms with Gasteiger partial charge in [0.15, 0.2) is 0 Å². The highest BCUT2D eigenvalue weighted by Gasteiger charge is 2.39. The zero-order valence-corrected chi connectivity index (χ0v) is 11.7. The molecule has 2 bridgehead atoms. The molecule has 0 radical (unpaired) electrons. The standard InChI is InChI=1S/C17H25N/c1-17(2,15-6-4-3-5-7-15)12-18-16-11-13-8-9-14(16)10-13/h3-7,13-14,16,18H,8-12H2,1-2H3. The smallest absolute Gasteiger partial charge is 0.00984 e. The van der Waals surface area contributed by atoms with Gasteiger partial charge in [0.05, 0.1) is 0 Å². The van der Waals surface area contributed by atoms with Gasteiger partial charge in [-0.3, -0.25) is 0 Å². The Morgan fingerprint density at radius 3 is 2.50 bits per heavy atom. The van der Waals surface area contributed by atoms with E-state index in [0.717, 1.165) is 24.4 Å². The molecule has 18 heavy (non-hydrogen) atoms. The molecule has 2 aliphatic rings. The van der Waals surface area contributed by atoms with E-state index in [2.05, 4.69) is 49.5 Å². The normalized spacial score (nSPS) is 30.9. The highest BCUT2D eigenvalue weighted by atomic mass is 14.9. The molecule has 3 rings (SSSR count). The molecule has 2 aliphatic carbocycles. The lowest BCUT2D eigenvalue weighted by Gasteiger charge is -2.30. The lowest BCUT2D eigenvalue weighted by molar-refractivity contribution is 0.324. The summed E-state index contributed by atoms with van der Waals surface area (Å²) in [4.78, 5) is 0. The molecule has 1 nitrogen and oxygen atoms in total. The Hall–Kier alpha value is -0.820. The highest BCUT2D eigenvalue weighted by molar-refractivity contribution is 5.24. The topological polar surface area (TPSA) is 12.0 Å². The van der Waals surface area contributed by atoms with Gasteiger partial charge in [-0.2, -0.15) is 0 Å². The Kier molecular flexibility index (Phi) is 3.19. The van der Waals surface area contributed by atoms with Gasteiger partial charge in [-0.05, 0) is 36.7 Å². The van der Waals surface area contributed by atoms with E-state index >= 15 is 0 Å². The van der Waals surface area contributed by atoms with Gasteiger partial charge in [0.2, 0.25) is 0 Å². The summed E-state index contributed by atoms with van der Waals surface area (Å²) in [6.07, 6.45) is 5.87. The Morgan fingerprint density at radius 2 is 1.89 bits per heavy atom. The second kappa shape index (κ2) is 4.70. The summed E-state index contributed by atoms with van der Waals surface area (Å²) in [5, 5.41) is 3.85. The van der Waals surface area contributed by atoms with E-state index in [0.29, 0.717) is 0 Å². The van der Waals surface area contributed by atoms with E-state index in [9.17, 15) is 0 Å². The summed E-state index contributed by atoms with van der Waals surface area (Å²) in [5.74, 6) is 2.01. The molecule has 0 spiro atoms. The SMILES string of the molecule is CC(C)(CNC1CC2CCC1C2)c1ccccc1. The van der Waals surface area contributed by atoms with Crippen molar-refractivity contribution in [3.8, 4) is 0 Å². The van der Waals surface area contributed by atoms with Gasteiger partial charge in [-0.15, -0.1) is 0 Å². The third kappa shape index (κ3) is 2.33. The first-order valence-corrected chi connectivity index (χ1v) is 7.44. The fraction of sp³-hybridized carbons (Fsp3) is 0.647. The molecule has 1 aromatic rings. The van der Waals surface area contributed by atoms with E-state index in [-0.39, 0.29) is 5.41 Å². The number of rotatable bonds is 4. The second-order valence-electron chi connectivity index (χ2n) is 6.91. The van der Waals surface area contributed by atoms with Crippen molar-refractivity contribution in [3.63, 3.8) is 0 Å². The monoisotopic (exact) mass is 243 g/mol. The Balaban J connectivity index is 1.59. The maximum absolute atomic E-state index is 3.85. The van der Waals surface area contributed by atoms with Crippen molar-refractivity contribution in [1.82, 2.24) is 5.32 Å². The van der Waals surface area contributed by atoms with Crippen LogP contribution >= 0.6 is 0 Å². The van der Waals surface area contributed by atoms with Gasteiger partial charge < -0.3 is 5.32 Å². The van der Waals surface area contributed by atoms with Gasteiger partial charge in [-0.25, -0.2) is 0 Å². The van der Waals surface area contributed by atoms with Crippen molar-refractivity contribution in [3.05, 3.63) is 35.9 Å². The lowest BCUT2D eigenvalue weighted by Crippen LogP contribution is -2.41. The summed E-state index contributed by atoms with van der Waals surface area (Å²) in [6.45, 7) is 5.80. The summed E-state index contributed by atoms with van der Waals surface area (Å²) in [7, 11) is 0. The Morgan fingerprint density at radius 1 is 1.11 bits per heavy atom. The lowest BCUT2D eigenvalue weighted by atomic mass is 9.84. The first-order valence-electron chi connectivity index (χ1n) is 7.44. The van der Waals surface area contributed by atoms with Gasteiger partial charge >= 0.3 is 0 Å². The first-order chi connectivity index (χ1) is 8.65. The first kappa shape index (κ1) is 12.2. The van der Waals surface area contributed by atoms with Crippen molar-refractivity contribution in [2.45, 2.75) is 51.0 Å². The molecule has 0 aliphatic heterocycles. The predicted octanol–water partition coefficient (Wildman–Crippen LogP) is 3.74. The molecule has 3 unspecified atom stereocenters. The summed E-state index contributed by atoms with van der Waals surface area (Å²) in [6, 6.07) is 11.7. The van der Waals surface area contributed by atoms with Crippen LogP contribution in [0.15, 0.2) is 30.3 Å². The highest BCUT2D eigenvalue weighted by Crippen LogP contribution is 2.44. The minimum absolute atomic E-state index is 0.239. The maximum Gasteiger partial charge on any atom is 0.00984 e. The molecule has 1 heteroatoms. The van der Waals surface area contributed by atoms with E-state index in [1.54, 1.807) is 0 Å². The van der Waals surface area contributed by atoms with Crippen molar-refractivity contribution in [2.24, 2.45) is 11.8 Å². The van der Waals surface area contributed by atoms with Crippen LogP contribution in [0.5, 0.6) is 0 Å². The number of nitrogens with one attached hydrogen (secondary N) is 1.